The number of hydrogen-bond acceptors (Lipinski definition) is 2. The molecule has 0 aliphatic heterocycles. The lowest BCUT2D eigenvalue weighted by Gasteiger charge is -2.23. The number of allylic oxidation sites excluding steroid dienone is 1. The van der Waals surface area contributed by atoms with Crippen molar-refractivity contribution in [1.82, 2.24) is 4.90 Å². The lowest BCUT2D eigenvalue weighted by Crippen LogP contribution is -2.34. The van der Waals surface area contributed by atoms with Crippen LogP contribution in [0, 0.1) is 0 Å². The Morgan fingerprint density at radius 2 is 1.48 bits per heavy atom. The Balaban J connectivity index is 2.40. The maximum Gasteiger partial charge on any atom is 0.416 e. The van der Waals surface area contributed by atoms with E-state index in [4.69, 9.17) is 11.6 Å². The number of aryl methyl sites for hydroxylation is 1. The lowest BCUT2D eigenvalue weighted by atomic mass is 10.0. The summed E-state index contributed by atoms with van der Waals surface area (Å²) in [5.74, 6) is -2.85. The van der Waals surface area contributed by atoms with Crippen molar-refractivity contribution >= 4 is 23.5 Å². The molecule has 1 N–H and O–H groups in total. The first-order valence-electron chi connectivity index (χ1n) is 9.53. The van der Waals surface area contributed by atoms with Crippen LogP contribution in [0.4, 0.5) is 26.3 Å². The Bertz CT molecular complexity index is 1010. The number of carbonyl (C=O) groups excluding carboxylic acids is 1. The molecule has 0 fully saturated rings. The molecule has 0 saturated carbocycles. The number of halogens is 7. The number of carboxylic acid groups (broad SMARTS) is 1. The van der Waals surface area contributed by atoms with Crippen LogP contribution in [-0.4, -0.2) is 28.4 Å². The minimum Gasteiger partial charge on any atom is -0.477 e. The first-order chi connectivity index (χ1) is 15.2. The zero-order valence-corrected chi connectivity index (χ0v) is 17.9. The summed E-state index contributed by atoms with van der Waals surface area (Å²) in [6.07, 6.45) is -8.59. The van der Waals surface area contributed by atoms with Gasteiger partial charge in [0.2, 0.25) is 0 Å². The largest absolute Gasteiger partial charge is 0.477 e. The fraction of sp³-hybridized carbons (Fsp3) is 0.273. The first-order valence-corrected chi connectivity index (χ1v) is 9.91. The molecule has 0 aliphatic rings. The molecule has 0 aliphatic carbocycles. The highest BCUT2D eigenvalue weighted by atomic mass is 35.5. The summed E-state index contributed by atoms with van der Waals surface area (Å²) in [5, 5.41) is 10.0. The fourth-order valence-corrected chi connectivity index (χ4v) is 3.12. The SMILES string of the molecule is CCN(C(=O)c1cc(C(F)(F)F)cc(C(F)(F)F)c1)C(=CCCc1ccc(Cl)cc1)C(=O)O. The quantitative estimate of drug-likeness (QED) is 0.356. The Morgan fingerprint density at radius 1 is 0.970 bits per heavy atom. The van der Waals surface area contributed by atoms with Gasteiger partial charge in [-0.25, -0.2) is 4.79 Å². The smallest absolute Gasteiger partial charge is 0.416 e. The molecule has 0 spiro atoms. The third-order valence-corrected chi connectivity index (χ3v) is 4.84. The van der Waals surface area contributed by atoms with Gasteiger partial charge < -0.3 is 10.0 Å². The van der Waals surface area contributed by atoms with Crippen LogP contribution in [0.3, 0.4) is 0 Å². The standard InChI is InChI=1S/C22H18ClF6NO3/c1-2-30(18(20(32)33)5-3-4-13-6-8-17(23)9-7-13)19(31)14-10-15(21(24,25)26)12-16(11-14)22(27,28)29/h5-12H,2-4H2,1H3,(H,32,33). The van der Waals surface area contributed by atoms with Crippen LogP contribution in [0.2, 0.25) is 5.02 Å². The van der Waals surface area contributed by atoms with Crippen LogP contribution in [-0.2, 0) is 23.6 Å². The summed E-state index contributed by atoms with van der Waals surface area (Å²) < 4.78 is 78.7. The third kappa shape index (κ3) is 6.98. The van der Waals surface area contributed by atoms with Gasteiger partial charge in [-0.3, -0.25) is 4.79 Å². The third-order valence-electron chi connectivity index (χ3n) is 4.59. The second kappa shape index (κ2) is 10.3. The molecule has 2 rings (SSSR count). The number of carbonyl (C=O) groups is 2. The molecular formula is C22H18ClF6NO3. The summed E-state index contributed by atoms with van der Waals surface area (Å²) >= 11 is 5.80. The maximum atomic E-state index is 13.1. The van der Waals surface area contributed by atoms with Crippen LogP contribution >= 0.6 is 11.6 Å². The number of aliphatic carboxylic acids is 1. The minimum absolute atomic E-state index is 0.104. The molecule has 2 aromatic rings. The minimum atomic E-state index is -5.14. The average Bonchev–Trinajstić information content (AvgIpc) is 2.72. The molecule has 33 heavy (non-hydrogen) atoms. The molecule has 0 atom stereocenters. The normalized spacial score (nSPS) is 12.5. The molecule has 178 valence electrons. The predicted octanol–water partition coefficient (Wildman–Crippen LogP) is 6.44. The first kappa shape index (κ1) is 26.2. The highest BCUT2D eigenvalue weighted by molar-refractivity contribution is 6.30. The van der Waals surface area contributed by atoms with Crippen LogP contribution in [0.5, 0.6) is 0 Å². The Labute approximate surface area is 190 Å². The van der Waals surface area contributed by atoms with Gasteiger partial charge in [-0.1, -0.05) is 29.8 Å². The Hall–Kier alpha value is -3.01. The van der Waals surface area contributed by atoms with Crippen molar-refractivity contribution in [3.8, 4) is 0 Å². The molecule has 0 unspecified atom stereocenters. The fourth-order valence-electron chi connectivity index (χ4n) is 3.00. The molecule has 4 nitrogen and oxygen atoms in total. The van der Waals surface area contributed by atoms with E-state index in [0.29, 0.717) is 16.3 Å². The van der Waals surface area contributed by atoms with Crippen molar-refractivity contribution in [2.75, 3.05) is 6.54 Å². The maximum absolute atomic E-state index is 13.1. The number of carboxylic acids is 1. The van der Waals surface area contributed by atoms with Gasteiger partial charge >= 0.3 is 18.3 Å². The Morgan fingerprint density at radius 3 is 1.91 bits per heavy atom. The van der Waals surface area contributed by atoms with Crippen molar-refractivity contribution in [1.29, 1.82) is 0 Å². The molecule has 0 radical (unpaired) electrons. The zero-order chi connectivity index (χ0) is 25.0. The summed E-state index contributed by atoms with van der Waals surface area (Å²) in [5.41, 5.74) is -4.01. The molecular weight excluding hydrogens is 476 g/mol. The summed E-state index contributed by atoms with van der Waals surface area (Å²) in [6.45, 7) is 1.06. The van der Waals surface area contributed by atoms with E-state index in [9.17, 15) is 41.0 Å². The number of alkyl halides is 6. The van der Waals surface area contributed by atoms with Gasteiger partial charge in [0.25, 0.3) is 5.91 Å². The van der Waals surface area contributed by atoms with Crippen molar-refractivity contribution in [2.45, 2.75) is 32.1 Å². The highest BCUT2D eigenvalue weighted by Gasteiger charge is 2.38. The molecule has 2 aromatic carbocycles. The van der Waals surface area contributed by atoms with E-state index in [-0.39, 0.29) is 31.2 Å². The molecule has 0 heterocycles. The summed E-state index contributed by atoms with van der Waals surface area (Å²) in [4.78, 5) is 25.2. The van der Waals surface area contributed by atoms with E-state index in [1.54, 1.807) is 24.3 Å². The van der Waals surface area contributed by atoms with Crippen molar-refractivity contribution in [2.24, 2.45) is 0 Å². The molecule has 1 amide bonds. The number of amides is 1. The van der Waals surface area contributed by atoms with Crippen LogP contribution in [0.25, 0.3) is 0 Å². The van der Waals surface area contributed by atoms with E-state index in [1.165, 1.54) is 13.0 Å². The van der Waals surface area contributed by atoms with E-state index in [0.717, 1.165) is 5.56 Å². The van der Waals surface area contributed by atoms with Gasteiger partial charge in [0.05, 0.1) is 11.1 Å². The predicted molar refractivity (Wildman–Crippen MR) is 109 cm³/mol. The Kier molecular flexibility index (Phi) is 8.18. The van der Waals surface area contributed by atoms with Gasteiger partial charge in [-0.05, 0) is 55.7 Å². The molecule has 0 bridgehead atoms. The molecule has 0 saturated heterocycles. The number of benzene rings is 2. The summed E-state index contributed by atoms with van der Waals surface area (Å²) in [6, 6.07) is 7.12. The van der Waals surface area contributed by atoms with E-state index in [2.05, 4.69) is 0 Å². The lowest BCUT2D eigenvalue weighted by molar-refractivity contribution is -0.143. The number of nitrogens with zero attached hydrogens (tertiary/aromatic N) is 1. The van der Waals surface area contributed by atoms with Gasteiger partial charge in [0, 0.05) is 17.1 Å². The highest BCUT2D eigenvalue weighted by Crippen LogP contribution is 2.36. The van der Waals surface area contributed by atoms with Crippen LogP contribution in [0.1, 0.15) is 40.4 Å². The van der Waals surface area contributed by atoms with Crippen LogP contribution < -0.4 is 0 Å². The monoisotopic (exact) mass is 493 g/mol. The van der Waals surface area contributed by atoms with Gasteiger partial charge in [-0.15, -0.1) is 0 Å². The van der Waals surface area contributed by atoms with Gasteiger partial charge in [-0.2, -0.15) is 26.3 Å². The summed E-state index contributed by atoms with van der Waals surface area (Å²) in [7, 11) is 0. The topological polar surface area (TPSA) is 57.6 Å². The van der Waals surface area contributed by atoms with Crippen molar-refractivity contribution < 1.29 is 41.0 Å². The van der Waals surface area contributed by atoms with Crippen molar-refractivity contribution in [3.63, 3.8) is 0 Å². The van der Waals surface area contributed by atoms with Gasteiger partial charge in [0.1, 0.15) is 5.70 Å². The van der Waals surface area contributed by atoms with Gasteiger partial charge in [0.15, 0.2) is 0 Å². The number of rotatable bonds is 7. The molecule has 11 heteroatoms. The average molecular weight is 494 g/mol. The zero-order valence-electron chi connectivity index (χ0n) is 17.1. The van der Waals surface area contributed by atoms with E-state index < -0.39 is 46.6 Å². The molecule has 0 aromatic heterocycles. The second-order valence-corrected chi connectivity index (χ2v) is 7.34. The second-order valence-electron chi connectivity index (χ2n) is 6.90. The van der Waals surface area contributed by atoms with E-state index >= 15 is 0 Å². The van der Waals surface area contributed by atoms with Crippen molar-refractivity contribution in [3.05, 3.63) is 81.5 Å². The van der Waals surface area contributed by atoms with E-state index in [1.807, 2.05) is 0 Å². The number of hydrogen-bond donors (Lipinski definition) is 1. The number of likely N-dealkylation sites (N-methyl/N-ethyl adjacent to an activating group) is 1. The van der Waals surface area contributed by atoms with Crippen LogP contribution in [0.15, 0.2) is 54.2 Å².